The molecular formula is C42H26O. The first kappa shape index (κ1) is 13.5. The summed E-state index contributed by atoms with van der Waals surface area (Å²) in [4.78, 5) is 0. The Labute approximate surface area is 270 Å². The molecule has 9 rings (SSSR count). The lowest BCUT2D eigenvalue weighted by atomic mass is 9.85. The summed E-state index contributed by atoms with van der Waals surface area (Å²) in [5.41, 5.74) is 2.30. The molecule has 0 bridgehead atoms. The van der Waals surface area contributed by atoms with Gasteiger partial charge in [-0.1, -0.05) is 127 Å². The van der Waals surface area contributed by atoms with Crippen LogP contribution in [-0.2, 0) is 0 Å². The molecular weight excluding hydrogens is 520 g/mol. The predicted molar refractivity (Wildman–Crippen MR) is 183 cm³/mol. The van der Waals surface area contributed by atoms with Crippen molar-refractivity contribution < 1.29 is 25.0 Å². The van der Waals surface area contributed by atoms with Crippen molar-refractivity contribution in [3.05, 3.63) is 157 Å². The van der Waals surface area contributed by atoms with Gasteiger partial charge in [0.25, 0.3) is 0 Å². The van der Waals surface area contributed by atoms with Crippen LogP contribution in [0.15, 0.2) is 162 Å². The summed E-state index contributed by atoms with van der Waals surface area (Å²) < 4.78 is 140. The summed E-state index contributed by atoms with van der Waals surface area (Å²) in [5, 5.41) is -0.333. The summed E-state index contributed by atoms with van der Waals surface area (Å²) in [7, 11) is 0. The highest BCUT2D eigenvalue weighted by molar-refractivity contribution is 6.22. The van der Waals surface area contributed by atoms with Crippen LogP contribution in [0.5, 0.6) is 0 Å². The Morgan fingerprint density at radius 3 is 1.74 bits per heavy atom. The topological polar surface area (TPSA) is 13.1 Å². The van der Waals surface area contributed by atoms with Gasteiger partial charge >= 0.3 is 0 Å². The van der Waals surface area contributed by atoms with Crippen molar-refractivity contribution in [3.8, 4) is 33.4 Å². The molecule has 1 heteroatoms. The largest absolute Gasteiger partial charge is 0.456 e. The molecule has 1 aromatic heterocycles. The zero-order chi connectivity index (χ0) is 41.4. The molecule has 0 radical (unpaired) electrons. The molecule has 0 amide bonds. The lowest BCUT2D eigenvalue weighted by Gasteiger charge is -2.18. The van der Waals surface area contributed by atoms with Gasteiger partial charge in [0, 0.05) is 10.8 Å². The molecule has 0 aliphatic heterocycles. The van der Waals surface area contributed by atoms with Gasteiger partial charge in [-0.2, -0.15) is 0 Å². The molecule has 8 aromatic carbocycles. The first-order valence-corrected chi connectivity index (χ1v) is 13.5. The van der Waals surface area contributed by atoms with Crippen LogP contribution in [0, 0.1) is 0 Å². The molecule has 1 nitrogen and oxygen atoms in total. The molecule has 0 aliphatic carbocycles. The van der Waals surface area contributed by atoms with Gasteiger partial charge in [0.1, 0.15) is 11.2 Å². The Morgan fingerprint density at radius 2 is 1.02 bits per heavy atom. The SMILES string of the molecule is [2H]c1c([2H])c([2H])c2c([2H])c(-c3c4c([2H])c([2H])c([2H])c([2H])c4c(-c4ccc5c(c4)oc4ccc(-c6ccccc6)cc45)c4c([2H])c([2H])c([2H])c([2H])c34)c([2H])c([2H])c2c1[2H]. The quantitative estimate of drug-likeness (QED) is 0.196. The maximum Gasteiger partial charge on any atom is 0.136 e. The number of fused-ring (bicyclic) bond motifs is 6. The van der Waals surface area contributed by atoms with Gasteiger partial charge in [-0.15, -0.1) is 0 Å². The van der Waals surface area contributed by atoms with Gasteiger partial charge in [0.05, 0.1) is 20.6 Å². The Bertz CT molecular complexity index is 3260. The van der Waals surface area contributed by atoms with Crippen LogP contribution in [0.25, 0.3) is 87.6 Å². The molecule has 0 saturated carbocycles. The van der Waals surface area contributed by atoms with E-state index in [2.05, 4.69) is 0 Å². The zero-order valence-corrected chi connectivity index (χ0v) is 22.3. The summed E-state index contributed by atoms with van der Waals surface area (Å²) in [5.74, 6) is 0. The molecule has 0 fully saturated rings. The molecule has 0 saturated heterocycles. The van der Waals surface area contributed by atoms with Crippen molar-refractivity contribution in [3.63, 3.8) is 0 Å². The van der Waals surface area contributed by atoms with Crippen LogP contribution in [-0.4, -0.2) is 0 Å². The summed E-state index contributed by atoms with van der Waals surface area (Å²) in [6.45, 7) is 0. The molecule has 1 heterocycles. The van der Waals surface area contributed by atoms with Crippen molar-refractivity contribution in [1.82, 2.24) is 0 Å². The second-order valence-electron chi connectivity index (χ2n) is 10.1. The summed E-state index contributed by atoms with van der Waals surface area (Å²) in [6, 6.07) is 10.5. The highest BCUT2D eigenvalue weighted by atomic mass is 16.3. The zero-order valence-electron chi connectivity index (χ0n) is 37.3. The average Bonchev–Trinajstić information content (AvgIpc) is 3.60. The van der Waals surface area contributed by atoms with Gasteiger partial charge in [-0.05, 0) is 96.0 Å². The van der Waals surface area contributed by atoms with Gasteiger partial charge in [0.15, 0.2) is 0 Å². The normalized spacial score (nSPS) is 16.6. The number of furan rings is 1. The highest BCUT2D eigenvalue weighted by Gasteiger charge is 2.18. The van der Waals surface area contributed by atoms with Crippen LogP contribution in [0.3, 0.4) is 0 Å². The fourth-order valence-electron chi connectivity index (χ4n) is 5.81. The number of benzene rings is 8. The van der Waals surface area contributed by atoms with Crippen LogP contribution >= 0.6 is 0 Å². The van der Waals surface area contributed by atoms with Gasteiger partial charge in [-0.3, -0.25) is 0 Å². The van der Waals surface area contributed by atoms with Gasteiger partial charge < -0.3 is 4.42 Å². The monoisotopic (exact) mass is 561 g/mol. The second kappa shape index (κ2) is 9.44. The van der Waals surface area contributed by atoms with Crippen LogP contribution in [0.4, 0.5) is 0 Å². The number of rotatable bonds is 3. The van der Waals surface area contributed by atoms with Crippen molar-refractivity contribution in [1.29, 1.82) is 0 Å². The predicted octanol–water partition coefficient (Wildman–Crippen LogP) is 12.0. The molecule has 0 atom stereocenters. The maximum atomic E-state index is 9.39. The highest BCUT2D eigenvalue weighted by Crippen LogP contribution is 2.45. The summed E-state index contributed by atoms with van der Waals surface area (Å²) >= 11 is 0. The first-order valence-electron chi connectivity index (χ1n) is 21.0. The van der Waals surface area contributed by atoms with Crippen molar-refractivity contribution in [2.75, 3.05) is 0 Å². The summed E-state index contributed by atoms with van der Waals surface area (Å²) in [6.07, 6.45) is 0. The van der Waals surface area contributed by atoms with Gasteiger partial charge in [0.2, 0.25) is 0 Å². The molecule has 0 spiro atoms. The van der Waals surface area contributed by atoms with E-state index >= 15 is 0 Å². The number of hydrogen-bond donors (Lipinski definition) is 0. The molecule has 200 valence electrons. The maximum absolute atomic E-state index is 9.39. The van der Waals surface area contributed by atoms with Gasteiger partial charge in [-0.25, -0.2) is 0 Å². The van der Waals surface area contributed by atoms with E-state index in [9.17, 15) is 8.22 Å². The minimum Gasteiger partial charge on any atom is -0.456 e. The van der Waals surface area contributed by atoms with Crippen molar-refractivity contribution in [2.45, 2.75) is 0 Å². The Morgan fingerprint density at radius 1 is 0.395 bits per heavy atom. The van der Waals surface area contributed by atoms with E-state index < -0.39 is 107 Å². The molecule has 9 aromatic rings. The third kappa shape index (κ3) is 3.79. The fourth-order valence-corrected chi connectivity index (χ4v) is 5.81. The molecule has 0 aliphatic rings. The van der Waals surface area contributed by atoms with Crippen molar-refractivity contribution in [2.24, 2.45) is 0 Å². The smallest absolute Gasteiger partial charge is 0.136 e. The Balaban J connectivity index is 1.49. The first-order chi connectivity index (χ1) is 27.6. The van der Waals surface area contributed by atoms with E-state index in [-0.39, 0.29) is 38.2 Å². The minimum absolute atomic E-state index is 0.00643. The van der Waals surface area contributed by atoms with E-state index in [1.165, 1.54) is 0 Å². The third-order valence-corrected chi connectivity index (χ3v) is 7.74. The Hall–Kier alpha value is -5.66. The van der Waals surface area contributed by atoms with E-state index in [4.69, 9.17) is 16.8 Å². The van der Waals surface area contributed by atoms with Crippen molar-refractivity contribution >= 4 is 54.3 Å². The van der Waals surface area contributed by atoms with Crippen LogP contribution < -0.4 is 0 Å². The van der Waals surface area contributed by atoms with Crippen LogP contribution in [0.2, 0.25) is 0 Å². The fraction of sp³-hybridized carbons (Fsp3) is 0. The average molecular weight is 562 g/mol. The lowest BCUT2D eigenvalue weighted by Crippen LogP contribution is -1.91. The second-order valence-corrected chi connectivity index (χ2v) is 10.1. The molecule has 0 unspecified atom stereocenters. The van der Waals surface area contributed by atoms with E-state index in [1.807, 2.05) is 48.5 Å². The molecule has 43 heavy (non-hydrogen) atoms. The van der Waals surface area contributed by atoms with Crippen LogP contribution in [0.1, 0.15) is 20.6 Å². The third-order valence-electron chi connectivity index (χ3n) is 7.74. The number of hydrogen-bond acceptors (Lipinski definition) is 1. The minimum atomic E-state index is -0.740. The van der Waals surface area contributed by atoms with E-state index in [1.54, 1.807) is 18.2 Å². The molecule has 0 N–H and O–H groups in total. The van der Waals surface area contributed by atoms with E-state index in [0.29, 0.717) is 16.6 Å². The standard InChI is InChI=1S/C42H26O/c1-2-10-27(11-3-1)30-21-23-39-38(25-30)33-22-20-32(26-40(33)43-39)42-36-16-8-6-14-34(36)41(35-15-7-9-17-37(35)42)31-19-18-28-12-4-5-13-29(28)24-31/h1-26H/i4D,5D,6D,7D,8D,9D,12D,13D,14D,15D,16D,17D,18D,19D,24D. The van der Waals surface area contributed by atoms with E-state index in [0.717, 1.165) is 16.5 Å². The Kier molecular flexibility index (Phi) is 2.97. The lowest BCUT2D eigenvalue weighted by molar-refractivity contribution is 0.669.